The second kappa shape index (κ2) is 9.36. The van der Waals surface area contributed by atoms with Crippen molar-refractivity contribution >= 4 is 5.91 Å². The molecule has 0 spiro atoms. The van der Waals surface area contributed by atoms with Gasteiger partial charge >= 0.3 is 0 Å². The lowest BCUT2D eigenvalue weighted by Gasteiger charge is -2.32. The first-order valence-corrected chi connectivity index (χ1v) is 10.4. The van der Waals surface area contributed by atoms with Crippen LogP contribution in [0.25, 0.3) is 5.69 Å². The third-order valence-corrected chi connectivity index (χ3v) is 5.49. The second-order valence-electron chi connectivity index (χ2n) is 7.95. The van der Waals surface area contributed by atoms with Gasteiger partial charge < -0.3 is 10.2 Å². The fourth-order valence-corrected chi connectivity index (χ4v) is 3.68. The summed E-state index contributed by atoms with van der Waals surface area (Å²) in [7, 11) is 2.15. The Morgan fingerprint density at radius 1 is 1.06 bits per heavy atom. The average Bonchev–Trinajstić information content (AvgIpc) is 3.16. The largest absolute Gasteiger partial charge is 0.345 e. The van der Waals surface area contributed by atoms with E-state index in [-0.39, 0.29) is 17.5 Å². The summed E-state index contributed by atoms with van der Waals surface area (Å²) in [6.45, 7) is 7.39. The topological polar surface area (TPSA) is 66.3 Å². The Morgan fingerprint density at radius 2 is 1.77 bits per heavy atom. The summed E-state index contributed by atoms with van der Waals surface area (Å²) in [5.41, 5.74) is 2.93. The van der Waals surface area contributed by atoms with Crippen molar-refractivity contribution < 1.29 is 9.18 Å². The zero-order valence-electron chi connectivity index (χ0n) is 17.9. The summed E-state index contributed by atoms with van der Waals surface area (Å²) in [6.07, 6.45) is 0. The number of aromatic nitrogens is 3. The number of rotatable bonds is 6. The molecule has 0 bridgehead atoms. The number of halogens is 1. The molecule has 1 aliphatic rings. The predicted molar refractivity (Wildman–Crippen MR) is 116 cm³/mol. The number of aryl methyl sites for hydroxylation is 1. The summed E-state index contributed by atoms with van der Waals surface area (Å²) in [5, 5.41) is 7.18. The van der Waals surface area contributed by atoms with Gasteiger partial charge in [-0.3, -0.25) is 9.69 Å². The van der Waals surface area contributed by atoms with Gasteiger partial charge in [-0.05, 0) is 49.4 Å². The van der Waals surface area contributed by atoms with Crippen molar-refractivity contribution in [2.45, 2.75) is 20.0 Å². The van der Waals surface area contributed by atoms with Gasteiger partial charge in [0.15, 0.2) is 0 Å². The standard InChI is InChI=1S/C23H27FN6O/c1-17-26-22(27-30(17)21-8-6-20(24)7-9-21)23(31)25-15-18-4-3-5-19(14-18)16-29-12-10-28(2)11-13-29/h3-9,14H,10-13,15-16H2,1-2H3,(H,25,31). The van der Waals surface area contributed by atoms with Crippen LogP contribution in [0.3, 0.4) is 0 Å². The molecule has 0 atom stereocenters. The number of hydrogen-bond donors (Lipinski definition) is 1. The summed E-state index contributed by atoms with van der Waals surface area (Å²) < 4.78 is 14.7. The fourth-order valence-electron chi connectivity index (χ4n) is 3.68. The SMILES string of the molecule is Cc1nc(C(=O)NCc2cccc(CN3CCN(C)CC3)c2)nn1-c1ccc(F)cc1. The molecule has 1 aromatic heterocycles. The smallest absolute Gasteiger partial charge is 0.291 e. The summed E-state index contributed by atoms with van der Waals surface area (Å²) in [4.78, 5) is 21.6. The van der Waals surface area contributed by atoms with Crippen molar-refractivity contribution in [2.24, 2.45) is 0 Å². The van der Waals surface area contributed by atoms with E-state index in [2.05, 4.69) is 44.4 Å². The number of benzene rings is 2. The molecule has 1 saturated heterocycles. The maximum Gasteiger partial charge on any atom is 0.291 e. The zero-order valence-corrected chi connectivity index (χ0v) is 17.9. The monoisotopic (exact) mass is 422 g/mol. The van der Waals surface area contributed by atoms with Crippen LogP contribution in [0.2, 0.25) is 0 Å². The molecule has 1 fully saturated rings. The first kappa shape index (κ1) is 21.1. The molecular formula is C23H27FN6O. The van der Waals surface area contributed by atoms with Crippen LogP contribution in [-0.4, -0.2) is 63.7 Å². The van der Waals surface area contributed by atoms with Crippen LogP contribution in [0.4, 0.5) is 4.39 Å². The highest BCUT2D eigenvalue weighted by atomic mass is 19.1. The van der Waals surface area contributed by atoms with Crippen LogP contribution in [0.5, 0.6) is 0 Å². The molecule has 4 rings (SSSR count). The number of hydrogen-bond acceptors (Lipinski definition) is 5. The van der Waals surface area contributed by atoms with Gasteiger partial charge in [0.25, 0.3) is 5.91 Å². The maximum absolute atomic E-state index is 13.2. The van der Waals surface area contributed by atoms with Crippen molar-refractivity contribution in [2.75, 3.05) is 33.2 Å². The number of piperazine rings is 1. The van der Waals surface area contributed by atoms with Crippen LogP contribution < -0.4 is 5.32 Å². The van der Waals surface area contributed by atoms with E-state index in [9.17, 15) is 9.18 Å². The first-order chi connectivity index (χ1) is 15.0. The van der Waals surface area contributed by atoms with E-state index in [1.165, 1.54) is 22.4 Å². The number of carbonyl (C=O) groups is 1. The Balaban J connectivity index is 1.37. The number of nitrogens with zero attached hydrogens (tertiary/aromatic N) is 5. The minimum atomic E-state index is -0.339. The highest BCUT2D eigenvalue weighted by molar-refractivity contribution is 5.90. The van der Waals surface area contributed by atoms with Crippen LogP contribution in [-0.2, 0) is 13.1 Å². The van der Waals surface area contributed by atoms with Gasteiger partial charge in [0.2, 0.25) is 5.82 Å². The number of amides is 1. The van der Waals surface area contributed by atoms with E-state index in [0.717, 1.165) is 38.3 Å². The van der Waals surface area contributed by atoms with Gasteiger partial charge in [-0.1, -0.05) is 24.3 Å². The predicted octanol–water partition coefficient (Wildman–Crippen LogP) is 2.39. The quantitative estimate of drug-likeness (QED) is 0.661. The molecule has 31 heavy (non-hydrogen) atoms. The van der Waals surface area contributed by atoms with Crippen molar-refractivity contribution in [3.05, 3.63) is 77.1 Å². The lowest BCUT2D eigenvalue weighted by atomic mass is 10.1. The van der Waals surface area contributed by atoms with E-state index in [4.69, 9.17) is 0 Å². The molecular weight excluding hydrogens is 395 g/mol. The van der Waals surface area contributed by atoms with Gasteiger partial charge in [-0.15, -0.1) is 5.10 Å². The van der Waals surface area contributed by atoms with E-state index < -0.39 is 0 Å². The van der Waals surface area contributed by atoms with Crippen molar-refractivity contribution in [1.29, 1.82) is 0 Å². The van der Waals surface area contributed by atoms with Crippen LogP contribution in [0.15, 0.2) is 48.5 Å². The minimum Gasteiger partial charge on any atom is -0.345 e. The molecule has 1 amide bonds. The molecule has 0 aliphatic carbocycles. The Hall–Kier alpha value is -3.10. The van der Waals surface area contributed by atoms with Gasteiger partial charge in [0, 0.05) is 39.3 Å². The molecule has 0 unspecified atom stereocenters. The maximum atomic E-state index is 13.2. The van der Waals surface area contributed by atoms with Gasteiger partial charge in [-0.2, -0.15) is 0 Å². The van der Waals surface area contributed by atoms with E-state index >= 15 is 0 Å². The molecule has 2 heterocycles. The molecule has 1 N–H and O–H groups in total. The molecule has 1 aliphatic heterocycles. The zero-order chi connectivity index (χ0) is 21.8. The van der Waals surface area contributed by atoms with Gasteiger partial charge in [0.1, 0.15) is 11.6 Å². The second-order valence-corrected chi connectivity index (χ2v) is 7.95. The molecule has 0 saturated carbocycles. The van der Waals surface area contributed by atoms with E-state index in [1.807, 2.05) is 12.1 Å². The third-order valence-electron chi connectivity index (χ3n) is 5.49. The minimum absolute atomic E-state index is 0.0930. The van der Waals surface area contributed by atoms with Crippen molar-refractivity contribution in [3.8, 4) is 5.69 Å². The van der Waals surface area contributed by atoms with Crippen LogP contribution >= 0.6 is 0 Å². The Bertz CT molecular complexity index is 1040. The average molecular weight is 423 g/mol. The molecule has 162 valence electrons. The Labute approximate surface area is 181 Å². The van der Waals surface area contributed by atoms with E-state index in [1.54, 1.807) is 19.1 Å². The van der Waals surface area contributed by atoms with E-state index in [0.29, 0.717) is 18.1 Å². The van der Waals surface area contributed by atoms with Gasteiger partial charge in [0.05, 0.1) is 5.69 Å². The summed E-state index contributed by atoms with van der Waals surface area (Å²) >= 11 is 0. The molecule has 7 nitrogen and oxygen atoms in total. The lowest BCUT2D eigenvalue weighted by molar-refractivity contribution is 0.0940. The number of nitrogens with one attached hydrogen (secondary N) is 1. The third kappa shape index (κ3) is 5.34. The Kier molecular flexibility index (Phi) is 6.39. The lowest BCUT2D eigenvalue weighted by Crippen LogP contribution is -2.43. The highest BCUT2D eigenvalue weighted by Gasteiger charge is 2.16. The molecule has 0 radical (unpaired) electrons. The van der Waals surface area contributed by atoms with Crippen molar-refractivity contribution in [3.63, 3.8) is 0 Å². The normalized spacial score (nSPS) is 15.2. The molecule has 3 aromatic rings. The summed E-state index contributed by atoms with van der Waals surface area (Å²) in [6, 6.07) is 14.2. The fraction of sp³-hybridized carbons (Fsp3) is 0.348. The van der Waals surface area contributed by atoms with Gasteiger partial charge in [-0.25, -0.2) is 14.1 Å². The molecule has 2 aromatic carbocycles. The molecule has 8 heteroatoms. The van der Waals surface area contributed by atoms with Crippen LogP contribution in [0, 0.1) is 12.7 Å². The number of likely N-dealkylation sites (N-methyl/N-ethyl adjacent to an activating group) is 1. The first-order valence-electron chi connectivity index (χ1n) is 10.4. The van der Waals surface area contributed by atoms with Crippen molar-refractivity contribution in [1.82, 2.24) is 29.9 Å². The summed E-state index contributed by atoms with van der Waals surface area (Å²) in [5.74, 6) is -0.0101. The van der Waals surface area contributed by atoms with Crippen LogP contribution in [0.1, 0.15) is 27.6 Å². The Morgan fingerprint density at radius 3 is 2.52 bits per heavy atom. The number of carbonyl (C=O) groups excluding carboxylic acids is 1. The highest BCUT2D eigenvalue weighted by Crippen LogP contribution is 2.12.